The fraction of sp³-hybridized carbons (Fsp3) is 0.200. The standard InChI is InChI=1S/C20H17ClN2OS/c21-17-7-3-1-6-15(17)19-13-16(14-5-2-4-8-18(14)22-19)20(24)23-9-11-25-12-10-23/h1-8,13H,9-12H2. The summed E-state index contributed by atoms with van der Waals surface area (Å²) in [5.41, 5.74) is 3.10. The predicted octanol–water partition coefficient (Wildman–Crippen LogP) is 4.74. The lowest BCUT2D eigenvalue weighted by atomic mass is 10.0. The van der Waals surface area contributed by atoms with Crippen molar-refractivity contribution in [3.8, 4) is 11.3 Å². The van der Waals surface area contributed by atoms with E-state index in [0.717, 1.165) is 46.8 Å². The van der Waals surface area contributed by atoms with Gasteiger partial charge in [-0.1, -0.05) is 48.0 Å². The maximum atomic E-state index is 13.1. The summed E-state index contributed by atoms with van der Waals surface area (Å²) in [6.45, 7) is 1.59. The molecule has 0 aliphatic carbocycles. The summed E-state index contributed by atoms with van der Waals surface area (Å²) in [6.07, 6.45) is 0. The zero-order valence-corrected chi connectivity index (χ0v) is 15.2. The van der Waals surface area contributed by atoms with Gasteiger partial charge in [-0.2, -0.15) is 11.8 Å². The van der Waals surface area contributed by atoms with Crippen LogP contribution in [-0.2, 0) is 0 Å². The molecule has 5 heteroatoms. The van der Waals surface area contributed by atoms with Crippen LogP contribution in [0.3, 0.4) is 0 Å². The molecule has 126 valence electrons. The topological polar surface area (TPSA) is 33.2 Å². The second-order valence-corrected chi connectivity index (χ2v) is 7.59. The molecule has 2 heterocycles. The van der Waals surface area contributed by atoms with E-state index < -0.39 is 0 Å². The first-order valence-corrected chi connectivity index (χ1v) is 9.79. The molecular weight excluding hydrogens is 352 g/mol. The van der Waals surface area contributed by atoms with Crippen LogP contribution in [0.15, 0.2) is 54.6 Å². The average molecular weight is 369 g/mol. The Morgan fingerprint density at radius 2 is 1.76 bits per heavy atom. The number of halogens is 1. The Kier molecular flexibility index (Phi) is 4.64. The zero-order chi connectivity index (χ0) is 17.2. The van der Waals surface area contributed by atoms with Gasteiger partial charge in [0.1, 0.15) is 0 Å². The number of aromatic nitrogens is 1. The van der Waals surface area contributed by atoms with Crippen LogP contribution < -0.4 is 0 Å². The molecule has 2 aromatic carbocycles. The second kappa shape index (κ2) is 7.06. The van der Waals surface area contributed by atoms with Gasteiger partial charge < -0.3 is 4.90 Å². The molecule has 1 aliphatic heterocycles. The lowest BCUT2D eigenvalue weighted by molar-refractivity contribution is 0.0774. The smallest absolute Gasteiger partial charge is 0.254 e. The van der Waals surface area contributed by atoms with Gasteiger partial charge in [0, 0.05) is 40.6 Å². The Labute approximate surface area is 156 Å². The number of amides is 1. The maximum Gasteiger partial charge on any atom is 0.254 e. The van der Waals surface area contributed by atoms with Crippen LogP contribution in [0.4, 0.5) is 0 Å². The molecule has 3 aromatic rings. The molecule has 0 N–H and O–H groups in total. The molecule has 1 amide bonds. The molecule has 0 radical (unpaired) electrons. The highest BCUT2D eigenvalue weighted by Crippen LogP contribution is 2.30. The van der Waals surface area contributed by atoms with Crippen molar-refractivity contribution >= 4 is 40.2 Å². The molecule has 1 aliphatic rings. The molecule has 1 saturated heterocycles. The van der Waals surface area contributed by atoms with E-state index in [2.05, 4.69) is 0 Å². The van der Waals surface area contributed by atoms with Gasteiger partial charge in [0.05, 0.1) is 16.8 Å². The van der Waals surface area contributed by atoms with Gasteiger partial charge in [-0.15, -0.1) is 0 Å². The van der Waals surface area contributed by atoms with Crippen molar-refractivity contribution in [1.82, 2.24) is 9.88 Å². The van der Waals surface area contributed by atoms with E-state index in [1.807, 2.05) is 71.3 Å². The summed E-state index contributed by atoms with van der Waals surface area (Å²) >= 11 is 8.25. The van der Waals surface area contributed by atoms with Gasteiger partial charge in [-0.05, 0) is 18.2 Å². The molecule has 3 nitrogen and oxygen atoms in total. The first-order valence-electron chi connectivity index (χ1n) is 8.26. The van der Waals surface area contributed by atoms with Crippen LogP contribution in [0.2, 0.25) is 5.02 Å². The number of thioether (sulfide) groups is 1. The average Bonchev–Trinajstić information content (AvgIpc) is 2.67. The lowest BCUT2D eigenvalue weighted by Gasteiger charge is -2.27. The largest absolute Gasteiger partial charge is 0.337 e. The highest BCUT2D eigenvalue weighted by atomic mass is 35.5. The van der Waals surface area contributed by atoms with Gasteiger partial charge in [0.15, 0.2) is 0 Å². The number of pyridine rings is 1. The predicted molar refractivity (Wildman–Crippen MR) is 105 cm³/mol. The minimum Gasteiger partial charge on any atom is -0.337 e. The van der Waals surface area contributed by atoms with Crippen LogP contribution in [0.1, 0.15) is 10.4 Å². The van der Waals surface area contributed by atoms with Crippen LogP contribution in [0, 0.1) is 0 Å². The van der Waals surface area contributed by atoms with Crippen molar-refractivity contribution in [2.75, 3.05) is 24.6 Å². The molecule has 1 aromatic heterocycles. The number of nitrogens with zero attached hydrogens (tertiary/aromatic N) is 2. The van der Waals surface area contributed by atoms with Crippen molar-refractivity contribution in [1.29, 1.82) is 0 Å². The van der Waals surface area contributed by atoms with Gasteiger partial charge >= 0.3 is 0 Å². The number of carbonyl (C=O) groups is 1. The summed E-state index contributed by atoms with van der Waals surface area (Å²) in [6, 6.07) is 17.3. The van der Waals surface area contributed by atoms with E-state index >= 15 is 0 Å². The quantitative estimate of drug-likeness (QED) is 0.654. The Hall–Kier alpha value is -2.04. The fourth-order valence-corrected chi connectivity index (χ4v) is 4.23. The number of hydrogen-bond donors (Lipinski definition) is 0. The fourth-order valence-electron chi connectivity index (χ4n) is 3.10. The van der Waals surface area contributed by atoms with Crippen molar-refractivity contribution in [2.45, 2.75) is 0 Å². The maximum absolute atomic E-state index is 13.1. The minimum absolute atomic E-state index is 0.0761. The highest BCUT2D eigenvalue weighted by molar-refractivity contribution is 7.99. The monoisotopic (exact) mass is 368 g/mol. The van der Waals surface area contributed by atoms with E-state index in [-0.39, 0.29) is 5.91 Å². The normalized spacial score (nSPS) is 14.7. The van der Waals surface area contributed by atoms with Crippen LogP contribution in [-0.4, -0.2) is 40.4 Å². The van der Waals surface area contributed by atoms with Gasteiger partial charge in [-0.3, -0.25) is 4.79 Å². The molecule has 4 rings (SSSR count). The van der Waals surface area contributed by atoms with Crippen molar-refractivity contribution in [2.24, 2.45) is 0 Å². The number of benzene rings is 2. The Morgan fingerprint density at radius 3 is 2.56 bits per heavy atom. The third kappa shape index (κ3) is 3.24. The number of hydrogen-bond acceptors (Lipinski definition) is 3. The van der Waals surface area contributed by atoms with Crippen LogP contribution in [0.5, 0.6) is 0 Å². The second-order valence-electron chi connectivity index (χ2n) is 5.96. The number of carbonyl (C=O) groups excluding carboxylic acids is 1. The molecule has 0 unspecified atom stereocenters. The molecule has 0 bridgehead atoms. The molecule has 0 spiro atoms. The van der Waals surface area contributed by atoms with E-state index in [4.69, 9.17) is 16.6 Å². The molecule has 1 fully saturated rings. The summed E-state index contributed by atoms with van der Waals surface area (Å²) in [5.74, 6) is 2.06. The van der Waals surface area contributed by atoms with Crippen LogP contribution in [0.25, 0.3) is 22.2 Å². The third-order valence-corrected chi connectivity index (χ3v) is 5.67. The number of para-hydroxylation sites is 1. The summed E-state index contributed by atoms with van der Waals surface area (Å²) in [7, 11) is 0. The van der Waals surface area contributed by atoms with Gasteiger partial charge in [0.2, 0.25) is 0 Å². The molecule has 25 heavy (non-hydrogen) atoms. The van der Waals surface area contributed by atoms with Gasteiger partial charge in [0.25, 0.3) is 5.91 Å². The SMILES string of the molecule is O=C(c1cc(-c2ccccc2Cl)nc2ccccc12)N1CCSCC1. The minimum atomic E-state index is 0.0761. The van der Waals surface area contributed by atoms with Crippen LogP contribution >= 0.6 is 23.4 Å². The lowest BCUT2D eigenvalue weighted by Crippen LogP contribution is -2.38. The first kappa shape index (κ1) is 16.4. The third-order valence-electron chi connectivity index (χ3n) is 4.39. The van der Waals surface area contributed by atoms with E-state index in [1.54, 1.807) is 0 Å². The number of fused-ring (bicyclic) bond motifs is 1. The Morgan fingerprint density at radius 1 is 1.04 bits per heavy atom. The van der Waals surface area contributed by atoms with Crippen molar-refractivity contribution in [3.63, 3.8) is 0 Å². The summed E-state index contributed by atoms with van der Waals surface area (Å²) < 4.78 is 0. The zero-order valence-electron chi connectivity index (χ0n) is 13.6. The molecule has 0 atom stereocenters. The highest BCUT2D eigenvalue weighted by Gasteiger charge is 2.22. The van der Waals surface area contributed by atoms with E-state index in [9.17, 15) is 4.79 Å². The Bertz CT molecular complexity index is 938. The van der Waals surface area contributed by atoms with E-state index in [0.29, 0.717) is 10.6 Å². The number of rotatable bonds is 2. The van der Waals surface area contributed by atoms with Gasteiger partial charge in [-0.25, -0.2) is 4.98 Å². The van der Waals surface area contributed by atoms with Crippen molar-refractivity contribution in [3.05, 3.63) is 65.2 Å². The van der Waals surface area contributed by atoms with E-state index in [1.165, 1.54) is 0 Å². The summed E-state index contributed by atoms with van der Waals surface area (Å²) in [5, 5.41) is 1.53. The first-order chi connectivity index (χ1) is 12.2. The summed E-state index contributed by atoms with van der Waals surface area (Å²) in [4.78, 5) is 19.8. The molecule has 0 saturated carbocycles. The van der Waals surface area contributed by atoms with Crippen molar-refractivity contribution < 1.29 is 4.79 Å². The Balaban J connectivity index is 1.87. The molecular formula is C20H17ClN2OS.